The number of pyridine rings is 1. The Balaban J connectivity index is 0.000000429. The molecule has 0 unspecified atom stereocenters. The van der Waals surface area contributed by atoms with E-state index in [0.29, 0.717) is 30.5 Å². The fourth-order valence-corrected chi connectivity index (χ4v) is 3.85. The van der Waals surface area contributed by atoms with E-state index < -0.39 is 29.4 Å². The second-order valence-electron chi connectivity index (χ2n) is 8.18. The van der Waals surface area contributed by atoms with Crippen molar-refractivity contribution in [2.75, 3.05) is 24.5 Å². The van der Waals surface area contributed by atoms with E-state index in [2.05, 4.69) is 0 Å². The van der Waals surface area contributed by atoms with E-state index in [0.717, 1.165) is 18.9 Å². The molecule has 2 heterocycles. The van der Waals surface area contributed by atoms with Crippen LogP contribution in [0.2, 0.25) is 0 Å². The number of piperidine rings is 1. The first-order chi connectivity index (χ1) is 16.3. The van der Waals surface area contributed by atoms with Crippen LogP contribution in [0.3, 0.4) is 0 Å². The van der Waals surface area contributed by atoms with E-state index in [9.17, 15) is 36.6 Å². The van der Waals surface area contributed by atoms with Crippen molar-refractivity contribution in [1.29, 1.82) is 0 Å². The van der Waals surface area contributed by atoms with Gasteiger partial charge in [0, 0.05) is 37.3 Å². The molecule has 35 heavy (non-hydrogen) atoms. The van der Waals surface area contributed by atoms with Gasteiger partial charge in [-0.2, -0.15) is 13.2 Å². The van der Waals surface area contributed by atoms with Gasteiger partial charge in [0.15, 0.2) is 0 Å². The van der Waals surface area contributed by atoms with Gasteiger partial charge in [-0.25, -0.2) is 18.4 Å². The summed E-state index contributed by atoms with van der Waals surface area (Å²) in [6, 6.07) is 2.79. The van der Waals surface area contributed by atoms with Gasteiger partial charge in [-0.1, -0.05) is 0 Å². The predicted molar refractivity (Wildman–Crippen MR) is 116 cm³/mol. The number of hydrogen-bond donors (Lipinski definition) is 3. The number of fused-ring (bicyclic) bond motifs is 1. The number of aromatic nitrogens is 1. The first-order valence-corrected chi connectivity index (χ1v) is 10.6. The van der Waals surface area contributed by atoms with E-state index in [1.165, 1.54) is 6.20 Å². The molecule has 1 aromatic heterocycles. The Hall–Kier alpha value is -3.48. The number of nitrogens with zero attached hydrogens (tertiary/aromatic N) is 2. The van der Waals surface area contributed by atoms with Crippen LogP contribution in [0.25, 0.3) is 10.9 Å². The number of aliphatic carboxylic acids is 1. The smallest absolute Gasteiger partial charge is 0.477 e. The van der Waals surface area contributed by atoms with E-state index in [1.54, 1.807) is 15.5 Å². The van der Waals surface area contributed by atoms with Gasteiger partial charge in [-0.15, -0.1) is 0 Å². The van der Waals surface area contributed by atoms with Crippen LogP contribution in [0, 0.1) is 5.82 Å². The minimum atomic E-state index is -5.08. The zero-order valence-corrected chi connectivity index (χ0v) is 18.2. The summed E-state index contributed by atoms with van der Waals surface area (Å²) in [4.78, 5) is 34.6. The van der Waals surface area contributed by atoms with Crippen molar-refractivity contribution in [3.05, 3.63) is 51.3 Å². The van der Waals surface area contributed by atoms with E-state index in [1.807, 2.05) is 0 Å². The number of benzene rings is 1. The number of hydrogen-bond acceptors (Lipinski definition) is 5. The number of alkyl halides is 3. The van der Waals surface area contributed by atoms with Crippen molar-refractivity contribution in [2.45, 2.75) is 37.9 Å². The molecule has 2 aliphatic rings. The maximum atomic E-state index is 14.9. The van der Waals surface area contributed by atoms with Crippen LogP contribution in [0.4, 0.5) is 27.6 Å². The van der Waals surface area contributed by atoms with Gasteiger partial charge in [0.25, 0.3) is 0 Å². The number of carboxylic acids is 2. The summed E-state index contributed by atoms with van der Waals surface area (Å²) < 4.78 is 62.3. The van der Waals surface area contributed by atoms with Gasteiger partial charge in [-0.3, -0.25) is 4.79 Å². The predicted octanol–water partition coefficient (Wildman–Crippen LogP) is 3.59. The minimum absolute atomic E-state index is 0.0500. The van der Waals surface area contributed by atoms with Crippen LogP contribution in [0.15, 0.2) is 34.5 Å². The SMILES string of the molecule is NCC(F)=C1CCCN(c2cc3c(cc2F)c(=O)c(C(=O)O)cn3C2CC2)C1.O=C(O)C(F)(F)F. The number of carbonyl (C=O) groups is 2. The quantitative estimate of drug-likeness (QED) is 0.545. The lowest BCUT2D eigenvalue weighted by Gasteiger charge is -2.31. The number of halogens is 5. The lowest BCUT2D eigenvalue weighted by molar-refractivity contribution is -0.192. The van der Waals surface area contributed by atoms with Gasteiger partial charge in [0.2, 0.25) is 5.43 Å². The summed E-state index contributed by atoms with van der Waals surface area (Å²) in [5.41, 5.74) is 5.69. The number of carboxylic acid groups (broad SMARTS) is 2. The highest BCUT2D eigenvalue weighted by Gasteiger charge is 2.38. The average molecular weight is 503 g/mol. The number of rotatable bonds is 4. The molecule has 2 fully saturated rings. The molecule has 1 aliphatic heterocycles. The molecule has 1 saturated heterocycles. The van der Waals surface area contributed by atoms with Crippen molar-refractivity contribution in [3.8, 4) is 0 Å². The molecule has 8 nitrogen and oxygen atoms in total. The monoisotopic (exact) mass is 503 g/mol. The molecule has 4 N–H and O–H groups in total. The second kappa shape index (κ2) is 10.0. The third-order valence-corrected chi connectivity index (χ3v) is 5.71. The van der Waals surface area contributed by atoms with Crippen LogP contribution < -0.4 is 16.1 Å². The molecule has 1 aromatic carbocycles. The normalized spacial score (nSPS) is 17.6. The van der Waals surface area contributed by atoms with Crippen molar-refractivity contribution in [3.63, 3.8) is 0 Å². The third-order valence-electron chi connectivity index (χ3n) is 5.71. The van der Waals surface area contributed by atoms with Crippen LogP contribution in [0.5, 0.6) is 0 Å². The zero-order chi connectivity index (χ0) is 26.1. The van der Waals surface area contributed by atoms with Crippen LogP contribution in [-0.4, -0.2) is 52.5 Å². The molecule has 4 rings (SSSR count). The second-order valence-corrected chi connectivity index (χ2v) is 8.18. The maximum Gasteiger partial charge on any atom is 0.490 e. The van der Waals surface area contributed by atoms with E-state index >= 15 is 0 Å². The first-order valence-electron chi connectivity index (χ1n) is 10.6. The Morgan fingerprint density at radius 2 is 1.80 bits per heavy atom. The molecule has 1 aliphatic carbocycles. The number of aromatic carboxylic acids is 1. The van der Waals surface area contributed by atoms with Gasteiger partial charge >= 0.3 is 18.1 Å². The molecular formula is C22H22F5N3O5. The Bertz CT molecular complexity index is 1250. The summed E-state index contributed by atoms with van der Waals surface area (Å²) in [6.45, 7) is 0.625. The molecule has 0 bridgehead atoms. The van der Waals surface area contributed by atoms with E-state index in [-0.39, 0.29) is 41.6 Å². The van der Waals surface area contributed by atoms with Crippen LogP contribution in [0.1, 0.15) is 42.1 Å². The molecule has 0 atom stereocenters. The summed E-state index contributed by atoms with van der Waals surface area (Å²) in [5.74, 6) is -5.07. The van der Waals surface area contributed by atoms with Crippen molar-refractivity contribution in [2.24, 2.45) is 5.73 Å². The fraction of sp³-hybridized carbons (Fsp3) is 0.409. The third kappa shape index (κ3) is 5.78. The highest BCUT2D eigenvalue weighted by molar-refractivity contribution is 5.93. The highest BCUT2D eigenvalue weighted by Crippen LogP contribution is 2.38. The first kappa shape index (κ1) is 26.1. The molecule has 0 amide bonds. The Morgan fingerprint density at radius 3 is 2.31 bits per heavy atom. The fourth-order valence-electron chi connectivity index (χ4n) is 3.85. The topological polar surface area (TPSA) is 126 Å². The molecule has 1 saturated carbocycles. The van der Waals surface area contributed by atoms with Gasteiger partial charge in [-0.05, 0) is 43.4 Å². The lowest BCUT2D eigenvalue weighted by atomic mass is 10.0. The molecule has 13 heteroatoms. The standard InChI is InChI=1S/C20H21F2N3O3.C2HF3O2/c21-15-6-13-17(25(12-3-4-12)10-14(19(13)26)20(27)28)7-18(15)24-5-1-2-11(9-24)16(22)8-23;3-2(4,5)1(6)7/h6-7,10,12H,1-5,8-9,23H2,(H,27,28);(H,6,7). The van der Waals surface area contributed by atoms with Gasteiger partial charge in [0.05, 0.1) is 11.2 Å². The number of anilines is 1. The Labute approximate surface area is 195 Å². The summed E-state index contributed by atoms with van der Waals surface area (Å²) in [7, 11) is 0. The lowest BCUT2D eigenvalue weighted by Crippen LogP contribution is -2.33. The molecule has 190 valence electrons. The molecule has 0 radical (unpaired) electrons. The molecule has 0 spiro atoms. The summed E-state index contributed by atoms with van der Waals surface area (Å²) in [6.07, 6.45) is -0.719. The Morgan fingerprint density at radius 1 is 1.17 bits per heavy atom. The minimum Gasteiger partial charge on any atom is -0.477 e. The number of nitrogens with two attached hydrogens (primary N) is 1. The van der Waals surface area contributed by atoms with Gasteiger partial charge < -0.3 is 25.4 Å². The van der Waals surface area contributed by atoms with Crippen LogP contribution in [-0.2, 0) is 4.79 Å². The van der Waals surface area contributed by atoms with E-state index in [4.69, 9.17) is 15.6 Å². The van der Waals surface area contributed by atoms with Crippen molar-refractivity contribution in [1.82, 2.24) is 4.57 Å². The van der Waals surface area contributed by atoms with Gasteiger partial charge in [0.1, 0.15) is 17.2 Å². The largest absolute Gasteiger partial charge is 0.490 e. The highest BCUT2D eigenvalue weighted by atomic mass is 19.4. The van der Waals surface area contributed by atoms with Crippen molar-refractivity contribution < 1.29 is 41.8 Å². The molecule has 2 aromatic rings. The van der Waals surface area contributed by atoms with Crippen LogP contribution >= 0.6 is 0 Å². The van der Waals surface area contributed by atoms with Crippen molar-refractivity contribution >= 4 is 28.5 Å². The Kier molecular flexibility index (Phi) is 7.48. The average Bonchev–Trinajstić information content (AvgIpc) is 3.63. The molecular weight excluding hydrogens is 481 g/mol. The maximum absolute atomic E-state index is 14.9. The summed E-state index contributed by atoms with van der Waals surface area (Å²) >= 11 is 0. The summed E-state index contributed by atoms with van der Waals surface area (Å²) in [5, 5.41) is 16.5. The zero-order valence-electron chi connectivity index (χ0n) is 18.2.